The number of hydrogen-bond donors (Lipinski definition) is 1. The molecule has 20 heavy (non-hydrogen) atoms. The van der Waals surface area contributed by atoms with E-state index in [4.69, 9.17) is 4.74 Å². The monoisotopic (exact) mass is 269 g/mol. The Morgan fingerprint density at radius 3 is 2.80 bits per heavy atom. The van der Waals surface area contributed by atoms with Gasteiger partial charge in [-0.1, -0.05) is 13.8 Å². The Hall–Kier alpha value is -2.10. The lowest BCUT2D eigenvalue weighted by Gasteiger charge is -2.10. The van der Waals surface area contributed by atoms with Crippen molar-refractivity contribution in [2.24, 2.45) is 0 Å². The lowest BCUT2D eigenvalue weighted by molar-refractivity contribution is 0.357. The largest absolute Gasteiger partial charge is 0.493 e. The minimum atomic E-state index is 0.376. The van der Waals surface area contributed by atoms with Gasteiger partial charge in [0.05, 0.1) is 6.61 Å². The Morgan fingerprint density at radius 1 is 1.20 bits per heavy atom. The molecule has 0 saturated carbocycles. The van der Waals surface area contributed by atoms with Crippen LogP contribution in [0.1, 0.15) is 31.0 Å². The van der Waals surface area contributed by atoms with Crippen molar-refractivity contribution in [3.05, 3.63) is 35.5 Å². The molecule has 1 aromatic heterocycles. The predicted molar refractivity (Wildman–Crippen MR) is 80.3 cm³/mol. The third-order valence-electron chi connectivity index (χ3n) is 3.54. The van der Waals surface area contributed by atoms with E-state index in [0.29, 0.717) is 5.92 Å². The van der Waals surface area contributed by atoms with Crippen molar-refractivity contribution in [2.45, 2.75) is 26.2 Å². The first-order chi connectivity index (χ1) is 9.67. The standard InChI is InChI=1S/C16H19N3O/c1-10(2)13-9-15(17-3)19-16(18-13)12-4-5-14-11(8-12)6-7-20-14/h4-5,8-10H,6-7H2,1-3H3,(H,17,18,19). The number of anilines is 1. The Kier molecular flexibility index (Phi) is 3.30. The van der Waals surface area contributed by atoms with E-state index >= 15 is 0 Å². The van der Waals surface area contributed by atoms with Gasteiger partial charge >= 0.3 is 0 Å². The molecule has 4 heteroatoms. The van der Waals surface area contributed by atoms with Gasteiger partial charge in [0.15, 0.2) is 5.82 Å². The number of benzene rings is 1. The zero-order chi connectivity index (χ0) is 14.1. The topological polar surface area (TPSA) is 47.0 Å². The first kappa shape index (κ1) is 12.9. The summed E-state index contributed by atoms with van der Waals surface area (Å²) in [4.78, 5) is 9.25. The average Bonchev–Trinajstić information content (AvgIpc) is 2.94. The highest BCUT2D eigenvalue weighted by Crippen LogP contribution is 2.30. The van der Waals surface area contributed by atoms with Crippen LogP contribution >= 0.6 is 0 Å². The molecule has 0 amide bonds. The van der Waals surface area contributed by atoms with E-state index in [1.54, 1.807) is 0 Å². The molecular weight excluding hydrogens is 250 g/mol. The average molecular weight is 269 g/mol. The second kappa shape index (κ2) is 5.12. The first-order valence-electron chi connectivity index (χ1n) is 7.00. The molecule has 0 atom stereocenters. The highest BCUT2D eigenvalue weighted by molar-refractivity contribution is 5.61. The van der Waals surface area contributed by atoms with Crippen LogP contribution in [0.25, 0.3) is 11.4 Å². The quantitative estimate of drug-likeness (QED) is 0.929. The molecule has 104 valence electrons. The summed E-state index contributed by atoms with van der Waals surface area (Å²) in [5, 5.41) is 3.11. The van der Waals surface area contributed by atoms with Crippen LogP contribution in [0, 0.1) is 0 Å². The first-order valence-corrected chi connectivity index (χ1v) is 7.00. The highest BCUT2D eigenvalue weighted by Gasteiger charge is 2.15. The number of ether oxygens (including phenoxy) is 1. The van der Waals surface area contributed by atoms with Gasteiger partial charge in [0.25, 0.3) is 0 Å². The van der Waals surface area contributed by atoms with E-state index in [1.165, 1.54) is 5.56 Å². The molecule has 0 fully saturated rings. The van der Waals surface area contributed by atoms with Crippen molar-refractivity contribution < 1.29 is 4.74 Å². The second-order valence-corrected chi connectivity index (χ2v) is 5.33. The smallest absolute Gasteiger partial charge is 0.161 e. The zero-order valence-electron chi connectivity index (χ0n) is 12.1. The van der Waals surface area contributed by atoms with Crippen LogP contribution in [0.3, 0.4) is 0 Å². The number of nitrogens with one attached hydrogen (secondary N) is 1. The lowest BCUT2D eigenvalue weighted by atomic mass is 10.1. The lowest BCUT2D eigenvalue weighted by Crippen LogP contribution is -2.02. The van der Waals surface area contributed by atoms with Gasteiger partial charge in [0, 0.05) is 30.8 Å². The van der Waals surface area contributed by atoms with Crippen molar-refractivity contribution in [1.82, 2.24) is 9.97 Å². The van der Waals surface area contributed by atoms with Gasteiger partial charge in [-0.15, -0.1) is 0 Å². The minimum Gasteiger partial charge on any atom is -0.493 e. The van der Waals surface area contributed by atoms with E-state index in [0.717, 1.165) is 41.7 Å². The van der Waals surface area contributed by atoms with E-state index in [1.807, 2.05) is 25.2 Å². The van der Waals surface area contributed by atoms with Gasteiger partial charge in [-0.05, 0) is 29.7 Å². The molecule has 0 radical (unpaired) electrons. The predicted octanol–water partition coefficient (Wildman–Crippen LogP) is 3.24. The molecule has 0 unspecified atom stereocenters. The number of fused-ring (bicyclic) bond motifs is 1. The van der Waals surface area contributed by atoms with Crippen molar-refractivity contribution >= 4 is 5.82 Å². The van der Waals surface area contributed by atoms with Crippen molar-refractivity contribution in [2.75, 3.05) is 19.0 Å². The summed E-state index contributed by atoms with van der Waals surface area (Å²) >= 11 is 0. The molecule has 2 heterocycles. The van der Waals surface area contributed by atoms with E-state index in [-0.39, 0.29) is 0 Å². The maximum absolute atomic E-state index is 5.54. The second-order valence-electron chi connectivity index (χ2n) is 5.33. The molecular formula is C16H19N3O. The van der Waals surface area contributed by atoms with E-state index in [2.05, 4.69) is 35.2 Å². The SMILES string of the molecule is CNc1cc(C(C)C)nc(-c2ccc3c(c2)CCO3)n1. The van der Waals surface area contributed by atoms with Crippen LogP contribution in [0.5, 0.6) is 5.75 Å². The number of nitrogens with zero attached hydrogens (tertiary/aromatic N) is 2. The minimum absolute atomic E-state index is 0.376. The van der Waals surface area contributed by atoms with Crippen molar-refractivity contribution in [3.63, 3.8) is 0 Å². The maximum Gasteiger partial charge on any atom is 0.161 e. The van der Waals surface area contributed by atoms with Crippen LogP contribution in [0.2, 0.25) is 0 Å². The number of rotatable bonds is 3. The van der Waals surface area contributed by atoms with Gasteiger partial charge in [-0.3, -0.25) is 0 Å². The normalized spacial score (nSPS) is 13.2. The fourth-order valence-electron chi connectivity index (χ4n) is 2.34. The fourth-order valence-corrected chi connectivity index (χ4v) is 2.34. The van der Waals surface area contributed by atoms with E-state index < -0.39 is 0 Å². The third-order valence-corrected chi connectivity index (χ3v) is 3.54. The van der Waals surface area contributed by atoms with Crippen LogP contribution in [-0.4, -0.2) is 23.6 Å². The van der Waals surface area contributed by atoms with Gasteiger partial charge < -0.3 is 10.1 Å². The van der Waals surface area contributed by atoms with Crippen LogP contribution in [0.4, 0.5) is 5.82 Å². The third kappa shape index (κ3) is 2.33. The molecule has 0 spiro atoms. The molecule has 4 nitrogen and oxygen atoms in total. The van der Waals surface area contributed by atoms with Crippen molar-refractivity contribution in [1.29, 1.82) is 0 Å². The Balaban J connectivity index is 2.07. The summed E-state index contributed by atoms with van der Waals surface area (Å²) in [5.41, 5.74) is 3.34. The molecule has 1 aliphatic heterocycles. The summed E-state index contributed by atoms with van der Waals surface area (Å²) in [6.07, 6.45) is 0.964. The molecule has 1 aromatic carbocycles. The van der Waals surface area contributed by atoms with Gasteiger partial charge in [0.1, 0.15) is 11.6 Å². The van der Waals surface area contributed by atoms with Gasteiger partial charge in [-0.2, -0.15) is 0 Å². The Morgan fingerprint density at radius 2 is 2.05 bits per heavy atom. The van der Waals surface area contributed by atoms with Crippen LogP contribution in [-0.2, 0) is 6.42 Å². The summed E-state index contributed by atoms with van der Waals surface area (Å²) < 4.78 is 5.54. The molecule has 1 N–H and O–H groups in total. The zero-order valence-corrected chi connectivity index (χ0v) is 12.1. The molecule has 2 aromatic rings. The van der Waals surface area contributed by atoms with E-state index in [9.17, 15) is 0 Å². The maximum atomic E-state index is 5.54. The summed E-state index contributed by atoms with van der Waals surface area (Å²) in [6, 6.07) is 8.19. The molecule has 3 rings (SSSR count). The summed E-state index contributed by atoms with van der Waals surface area (Å²) in [5.74, 6) is 3.00. The summed E-state index contributed by atoms with van der Waals surface area (Å²) in [6.45, 7) is 5.05. The van der Waals surface area contributed by atoms with Crippen LogP contribution in [0.15, 0.2) is 24.3 Å². The van der Waals surface area contributed by atoms with Crippen molar-refractivity contribution in [3.8, 4) is 17.1 Å². The fraction of sp³-hybridized carbons (Fsp3) is 0.375. The number of hydrogen-bond acceptors (Lipinski definition) is 4. The number of aromatic nitrogens is 2. The Bertz CT molecular complexity index is 638. The Labute approximate surface area is 119 Å². The molecule has 1 aliphatic rings. The molecule has 0 bridgehead atoms. The highest BCUT2D eigenvalue weighted by atomic mass is 16.5. The van der Waals surface area contributed by atoms with Gasteiger partial charge in [0.2, 0.25) is 0 Å². The van der Waals surface area contributed by atoms with Crippen LogP contribution < -0.4 is 10.1 Å². The van der Waals surface area contributed by atoms with Gasteiger partial charge in [-0.25, -0.2) is 9.97 Å². The summed E-state index contributed by atoms with van der Waals surface area (Å²) in [7, 11) is 1.88. The molecule has 0 saturated heterocycles. The molecule has 0 aliphatic carbocycles.